The second-order valence-corrected chi connectivity index (χ2v) is 4.64. The first-order valence-corrected chi connectivity index (χ1v) is 6.37. The summed E-state index contributed by atoms with van der Waals surface area (Å²) in [6.07, 6.45) is 1.55. The third-order valence-corrected chi connectivity index (χ3v) is 3.17. The molecule has 0 unspecified atom stereocenters. The van der Waals surface area contributed by atoms with Crippen molar-refractivity contribution in [2.75, 3.05) is 0 Å². The Labute approximate surface area is 120 Å². The summed E-state index contributed by atoms with van der Waals surface area (Å²) in [6, 6.07) is 14.4. The van der Waals surface area contributed by atoms with Gasteiger partial charge in [0.15, 0.2) is 5.82 Å². The fourth-order valence-corrected chi connectivity index (χ4v) is 2.18. The second-order valence-electron chi connectivity index (χ2n) is 4.64. The summed E-state index contributed by atoms with van der Waals surface area (Å²) in [5.41, 5.74) is 2.26. The zero-order chi connectivity index (χ0) is 14.8. The van der Waals surface area contributed by atoms with Crippen LogP contribution in [-0.4, -0.2) is 19.7 Å². The lowest BCUT2D eigenvalue weighted by Crippen LogP contribution is -1.99. The molecule has 0 aliphatic heterocycles. The lowest BCUT2D eigenvalue weighted by Gasteiger charge is -2.07. The molecular weight excluding hydrogens is 268 g/mol. The summed E-state index contributed by atoms with van der Waals surface area (Å²) < 4.78 is 1.74. The number of nitro benzene ring substituents is 1. The van der Waals surface area contributed by atoms with Gasteiger partial charge in [-0.3, -0.25) is 14.7 Å². The number of nitrogens with zero attached hydrogens (tertiary/aromatic N) is 4. The lowest BCUT2D eigenvalue weighted by atomic mass is 10.1. The molecule has 21 heavy (non-hydrogen) atoms. The Morgan fingerprint density at radius 1 is 1.14 bits per heavy atom. The van der Waals surface area contributed by atoms with Crippen LogP contribution in [0.5, 0.6) is 0 Å². The summed E-state index contributed by atoms with van der Waals surface area (Å²) in [5.74, 6) is 0.455. The van der Waals surface area contributed by atoms with Gasteiger partial charge >= 0.3 is 0 Å². The summed E-state index contributed by atoms with van der Waals surface area (Å²) >= 11 is 0. The van der Waals surface area contributed by atoms with Gasteiger partial charge in [0.1, 0.15) is 6.33 Å². The third kappa shape index (κ3) is 2.38. The molecule has 0 spiro atoms. The highest BCUT2D eigenvalue weighted by Gasteiger charge is 2.20. The normalized spacial score (nSPS) is 10.5. The monoisotopic (exact) mass is 280 g/mol. The molecule has 1 heterocycles. The van der Waals surface area contributed by atoms with E-state index in [-0.39, 0.29) is 5.69 Å². The van der Waals surface area contributed by atoms with Crippen molar-refractivity contribution in [1.29, 1.82) is 0 Å². The number of rotatable bonds is 3. The molecule has 0 radical (unpaired) electrons. The maximum Gasteiger partial charge on any atom is 0.280 e. The van der Waals surface area contributed by atoms with Crippen LogP contribution in [0.25, 0.3) is 17.1 Å². The van der Waals surface area contributed by atoms with Crippen molar-refractivity contribution in [1.82, 2.24) is 14.8 Å². The topological polar surface area (TPSA) is 73.8 Å². The predicted molar refractivity (Wildman–Crippen MR) is 78.2 cm³/mol. The molecule has 0 bridgehead atoms. The number of hydrogen-bond acceptors (Lipinski definition) is 4. The minimum atomic E-state index is -0.404. The van der Waals surface area contributed by atoms with Crippen LogP contribution in [0.3, 0.4) is 0 Å². The minimum Gasteiger partial charge on any atom is -0.281 e. The largest absolute Gasteiger partial charge is 0.281 e. The molecule has 0 saturated carbocycles. The van der Waals surface area contributed by atoms with E-state index in [1.165, 1.54) is 6.07 Å². The summed E-state index contributed by atoms with van der Waals surface area (Å²) in [5, 5.41) is 19.2. The summed E-state index contributed by atoms with van der Waals surface area (Å²) in [6.45, 7) is 1.89. The van der Waals surface area contributed by atoms with Crippen LogP contribution in [0.4, 0.5) is 5.69 Å². The highest BCUT2D eigenvalue weighted by atomic mass is 16.6. The molecule has 0 N–H and O–H groups in total. The van der Waals surface area contributed by atoms with Crippen LogP contribution in [-0.2, 0) is 0 Å². The van der Waals surface area contributed by atoms with Crippen molar-refractivity contribution in [2.24, 2.45) is 0 Å². The molecule has 104 valence electrons. The van der Waals surface area contributed by atoms with E-state index < -0.39 is 4.92 Å². The van der Waals surface area contributed by atoms with Crippen molar-refractivity contribution >= 4 is 5.69 Å². The lowest BCUT2D eigenvalue weighted by molar-refractivity contribution is -0.384. The number of aryl methyl sites for hydroxylation is 1. The minimum absolute atomic E-state index is 0.0192. The third-order valence-electron chi connectivity index (χ3n) is 3.17. The van der Waals surface area contributed by atoms with E-state index in [0.717, 1.165) is 11.3 Å². The molecule has 0 amide bonds. The summed E-state index contributed by atoms with van der Waals surface area (Å²) in [7, 11) is 0. The van der Waals surface area contributed by atoms with E-state index in [9.17, 15) is 10.1 Å². The van der Waals surface area contributed by atoms with Crippen LogP contribution in [0, 0.1) is 17.0 Å². The second kappa shape index (κ2) is 5.16. The van der Waals surface area contributed by atoms with Gasteiger partial charge in [-0.1, -0.05) is 24.3 Å². The van der Waals surface area contributed by atoms with E-state index in [4.69, 9.17) is 0 Å². The van der Waals surface area contributed by atoms with E-state index >= 15 is 0 Å². The number of aromatic nitrogens is 3. The molecule has 6 nitrogen and oxygen atoms in total. The fourth-order valence-electron chi connectivity index (χ4n) is 2.18. The number of nitro groups is 1. The standard InChI is InChI=1S/C15H12N4O2/c1-11-7-8-14(19(20)21)13(9-11)15-17-16-10-18(15)12-5-3-2-4-6-12/h2-10H,1H3. The molecule has 0 atom stereocenters. The average molecular weight is 280 g/mol. The molecule has 6 heteroatoms. The van der Waals surface area contributed by atoms with Crippen LogP contribution in [0.2, 0.25) is 0 Å². The Morgan fingerprint density at radius 2 is 1.90 bits per heavy atom. The SMILES string of the molecule is Cc1ccc([N+](=O)[O-])c(-c2nncn2-c2ccccc2)c1. The molecule has 0 saturated heterocycles. The van der Waals surface area contributed by atoms with E-state index in [1.54, 1.807) is 23.0 Å². The van der Waals surface area contributed by atoms with E-state index in [0.29, 0.717) is 11.4 Å². The molecule has 0 aliphatic rings. The Kier molecular flexibility index (Phi) is 3.19. The first-order valence-electron chi connectivity index (χ1n) is 6.37. The molecule has 1 aromatic heterocycles. The average Bonchev–Trinajstić information content (AvgIpc) is 2.97. The van der Waals surface area contributed by atoms with Gasteiger partial charge in [-0.15, -0.1) is 10.2 Å². The van der Waals surface area contributed by atoms with Gasteiger partial charge in [0, 0.05) is 11.8 Å². The predicted octanol–water partition coefficient (Wildman–Crippen LogP) is 3.15. The zero-order valence-electron chi connectivity index (χ0n) is 11.3. The van der Waals surface area contributed by atoms with Gasteiger partial charge in [-0.25, -0.2) is 0 Å². The van der Waals surface area contributed by atoms with Crippen LogP contribution in [0.1, 0.15) is 5.56 Å². The smallest absolute Gasteiger partial charge is 0.280 e. The van der Waals surface area contributed by atoms with Gasteiger partial charge in [-0.2, -0.15) is 0 Å². The van der Waals surface area contributed by atoms with Crippen LogP contribution < -0.4 is 0 Å². The molecular formula is C15H12N4O2. The van der Waals surface area contributed by atoms with Crippen molar-refractivity contribution < 1.29 is 4.92 Å². The van der Waals surface area contributed by atoms with E-state index in [1.807, 2.05) is 37.3 Å². The van der Waals surface area contributed by atoms with Gasteiger partial charge < -0.3 is 0 Å². The Hall–Kier alpha value is -3.02. The highest BCUT2D eigenvalue weighted by Crippen LogP contribution is 2.30. The van der Waals surface area contributed by atoms with Crippen LogP contribution in [0.15, 0.2) is 54.9 Å². The molecule has 0 aliphatic carbocycles. The van der Waals surface area contributed by atoms with Crippen molar-refractivity contribution in [3.05, 3.63) is 70.5 Å². The quantitative estimate of drug-likeness (QED) is 0.545. The van der Waals surface area contributed by atoms with E-state index in [2.05, 4.69) is 10.2 Å². The Balaban J connectivity index is 2.21. The van der Waals surface area contributed by atoms with Gasteiger partial charge in [-0.05, 0) is 30.7 Å². The van der Waals surface area contributed by atoms with Gasteiger partial charge in [0.25, 0.3) is 5.69 Å². The molecule has 3 aromatic rings. The highest BCUT2D eigenvalue weighted by molar-refractivity contribution is 5.70. The number of benzene rings is 2. The van der Waals surface area contributed by atoms with Crippen molar-refractivity contribution in [3.8, 4) is 17.1 Å². The maximum atomic E-state index is 11.2. The maximum absolute atomic E-state index is 11.2. The fraction of sp³-hybridized carbons (Fsp3) is 0.0667. The Morgan fingerprint density at radius 3 is 2.62 bits per heavy atom. The zero-order valence-corrected chi connectivity index (χ0v) is 11.3. The molecule has 0 fully saturated rings. The van der Waals surface area contributed by atoms with Gasteiger partial charge in [0.2, 0.25) is 0 Å². The van der Waals surface area contributed by atoms with Crippen molar-refractivity contribution in [2.45, 2.75) is 6.92 Å². The number of para-hydroxylation sites is 1. The van der Waals surface area contributed by atoms with Gasteiger partial charge in [0.05, 0.1) is 10.5 Å². The first kappa shape index (κ1) is 13.0. The number of hydrogen-bond donors (Lipinski definition) is 0. The molecule has 2 aromatic carbocycles. The van der Waals surface area contributed by atoms with Crippen molar-refractivity contribution in [3.63, 3.8) is 0 Å². The van der Waals surface area contributed by atoms with Crippen LogP contribution >= 0.6 is 0 Å². The first-order chi connectivity index (χ1) is 10.2. The Bertz CT molecular complexity index is 796. The molecule has 3 rings (SSSR count). The summed E-state index contributed by atoms with van der Waals surface area (Å²) in [4.78, 5) is 10.8.